The first kappa shape index (κ1) is 16.0. The lowest BCUT2D eigenvalue weighted by Crippen LogP contribution is -2.36. The van der Waals surface area contributed by atoms with Crippen molar-refractivity contribution in [2.45, 2.75) is 25.3 Å². The Kier molecular flexibility index (Phi) is 4.50. The third-order valence-corrected chi connectivity index (χ3v) is 4.24. The Morgan fingerprint density at radius 1 is 1.12 bits per heavy atom. The first-order valence-electron chi connectivity index (χ1n) is 7.66. The highest BCUT2D eigenvalue weighted by molar-refractivity contribution is 5.93. The second-order valence-electron chi connectivity index (χ2n) is 5.79. The zero-order chi connectivity index (χ0) is 17.1. The fourth-order valence-electron chi connectivity index (χ4n) is 2.69. The maximum Gasteiger partial charge on any atom is 0.356 e. The number of halogens is 1. The number of nitrogens with one attached hydrogen (secondary N) is 1. The molecule has 1 aliphatic rings. The van der Waals surface area contributed by atoms with E-state index in [1.54, 1.807) is 12.1 Å². The van der Waals surface area contributed by atoms with Crippen LogP contribution >= 0.6 is 0 Å². The van der Waals surface area contributed by atoms with Crippen LogP contribution in [-0.2, 0) is 0 Å². The van der Waals surface area contributed by atoms with Crippen molar-refractivity contribution in [1.29, 1.82) is 0 Å². The molecule has 1 saturated carbocycles. The number of benzene rings is 1. The largest absolute Gasteiger partial charge is 0.476 e. The highest BCUT2D eigenvalue weighted by Gasteiger charge is 2.30. The number of amides is 1. The molecule has 1 fully saturated rings. The van der Waals surface area contributed by atoms with E-state index in [1.807, 2.05) is 0 Å². The summed E-state index contributed by atoms with van der Waals surface area (Å²) in [5.74, 6) is -1.66. The Hall–Kier alpha value is -2.83. The van der Waals surface area contributed by atoms with Crippen LogP contribution in [0.5, 0.6) is 0 Å². The summed E-state index contributed by atoms with van der Waals surface area (Å²) >= 11 is 0. The predicted octanol–water partition coefficient (Wildman–Crippen LogP) is 2.59. The first-order valence-corrected chi connectivity index (χ1v) is 7.66. The fourth-order valence-corrected chi connectivity index (χ4v) is 2.69. The van der Waals surface area contributed by atoms with Crippen molar-refractivity contribution in [3.8, 4) is 0 Å². The first-order chi connectivity index (χ1) is 11.5. The van der Waals surface area contributed by atoms with Gasteiger partial charge in [-0.1, -0.05) is 18.6 Å². The summed E-state index contributed by atoms with van der Waals surface area (Å²) in [7, 11) is 0. The minimum Gasteiger partial charge on any atom is -0.476 e. The van der Waals surface area contributed by atoms with E-state index in [4.69, 9.17) is 5.11 Å². The van der Waals surface area contributed by atoms with E-state index in [0.717, 1.165) is 37.2 Å². The standard InChI is InChI=1S/C17H16FN3O3/c18-12-6-4-11(5-7-12)15(10-2-1-3-10)21-16(22)13-8-20-14(9-19-13)17(23)24/h4-10,15H,1-3H2,(H,21,22)(H,23,24). The summed E-state index contributed by atoms with van der Waals surface area (Å²) in [6.45, 7) is 0. The van der Waals surface area contributed by atoms with Gasteiger partial charge in [0.1, 0.15) is 11.5 Å². The number of carboxylic acids is 1. The van der Waals surface area contributed by atoms with Gasteiger partial charge in [-0.05, 0) is 36.5 Å². The molecule has 0 spiro atoms. The molecule has 1 aromatic carbocycles. The van der Waals surface area contributed by atoms with Crippen LogP contribution in [0.3, 0.4) is 0 Å². The fraction of sp³-hybridized carbons (Fsp3) is 0.294. The summed E-state index contributed by atoms with van der Waals surface area (Å²) in [5, 5.41) is 11.7. The molecule has 1 heterocycles. The minimum atomic E-state index is -1.20. The zero-order valence-electron chi connectivity index (χ0n) is 12.8. The highest BCUT2D eigenvalue weighted by atomic mass is 19.1. The lowest BCUT2D eigenvalue weighted by Gasteiger charge is -2.34. The summed E-state index contributed by atoms with van der Waals surface area (Å²) in [6, 6.07) is 5.84. The molecule has 1 aromatic heterocycles. The molecular formula is C17H16FN3O3. The van der Waals surface area contributed by atoms with Crippen LogP contribution in [-0.4, -0.2) is 27.0 Å². The Bertz CT molecular complexity index is 743. The number of rotatable bonds is 5. The molecule has 0 radical (unpaired) electrons. The number of aromatic nitrogens is 2. The van der Waals surface area contributed by atoms with Gasteiger partial charge in [0, 0.05) is 0 Å². The lowest BCUT2D eigenvalue weighted by atomic mass is 9.77. The molecule has 1 amide bonds. The summed E-state index contributed by atoms with van der Waals surface area (Å²) < 4.78 is 13.1. The van der Waals surface area contributed by atoms with Gasteiger partial charge in [-0.2, -0.15) is 0 Å². The smallest absolute Gasteiger partial charge is 0.356 e. The van der Waals surface area contributed by atoms with Crippen LogP contribution in [0.2, 0.25) is 0 Å². The lowest BCUT2D eigenvalue weighted by molar-refractivity contribution is 0.0688. The number of aromatic carboxylic acids is 1. The molecule has 24 heavy (non-hydrogen) atoms. The van der Waals surface area contributed by atoms with E-state index < -0.39 is 11.9 Å². The summed E-state index contributed by atoms with van der Waals surface area (Å²) in [5.41, 5.74) is 0.664. The molecule has 6 nitrogen and oxygen atoms in total. The Balaban J connectivity index is 1.77. The summed E-state index contributed by atoms with van der Waals surface area (Å²) in [6.07, 6.45) is 5.28. The molecule has 2 aromatic rings. The number of carbonyl (C=O) groups is 2. The molecular weight excluding hydrogens is 313 g/mol. The number of carbonyl (C=O) groups excluding carboxylic acids is 1. The van der Waals surface area contributed by atoms with Crippen molar-refractivity contribution in [2.75, 3.05) is 0 Å². The van der Waals surface area contributed by atoms with E-state index in [9.17, 15) is 14.0 Å². The molecule has 1 atom stereocenters. The number of carboxylic acid groups (broad SMARTS) is 1. The van der Waals surface area contributed by atoms with Crippen LogP contribution in [0.1, 0.15) is 51.8 Å². The van der Waals surface area contributed by atoms with Gasteiger partial charge in [-0.15, -0.1) is 0 Å². The van der Waals surface area contributed by atoms with Gasteiger partial charge in [0.15, 0.2) is 5.69 Å². The van der Waals surface area contributed by atoms with Crippen molar-refractivity contribution in [3.05, 3.63) is 59.4 Å². The number of hydrogen-bond donors (Lipinski definition) is 2. The van der Waals surface area contributed by atoms with Crippen LogP contribution in [0.15, 0.2) is 36.7 Å². The molecule has 2 N–H and O–H groups in total. The van der Waals surface area contributed by atoms with Gasteiger partial charge in [0.05, 0.1) is 18.4 Å². The maximum absolute atomic E-state index is 13.1. The van der Waals surface area contributed by atoms with Crippen molar-refractivity contribution in [2.24, 2.45) is 5.92 Å². The van der Waals surface area contributed by atoms with Crippen molar-refractivity contribution in [3.63, 3.8) is 0 Å². The second-order valence-corrected chi connectivity index (χ2v) is 5.79. The molecule has 1 unspecified atom stereocenters. The van der Waals surface area contributed by atoms with E-state index in [1.165, 1.54) is 12.1 Å². The predicted molar refractivity (Wildman–Crippen MR) is 82.9 cm³/mol. The number of hydrogen-bond acceptors (Lipinski definition) is 4. The average Bonchev–Trinajstić information content (AvgIpc) is 2.53. The average molecular weight is 329 g/mol. The van der Waals surface area contributed by atoms with E-state index in [-0.39, 0.29) is 23.2 Å². The van der Waals surface area contributed by atoms with Crippen LogP contribution in [0, 0.1) is 11.7 Å². The molecule has 3 rings (SSSR count). The number of nitrogens with zero attached hydrogens (tertiary/aromatic N) is 2. The Morgan fingerprint density at radius 3 is 2.25 bits per heavy atom. The Morgan fingerprint density at radius 2 is 1.75 bits per heavy atom. The van der Waals surface area contributed by atoms with Gasteiger partial charge >= 0.3 is 5.97 Å². The normalized spacial score (nSPS) is 15.4. The molecule has 1 aliphatic carbocycles. The van der Waals surface area contributed by atoms with Gasteiger partial charge in [0.25, 0.3) is 5.91 Å². The molecule has 7 heteroatoms. The van der Waals surface area contributed by atoms with E-state index in [2.05, 4.69) is 15.3 Å². The van der Waals surface area contributed by atoms with E-state index >= 15 is 0 Å². The van der Waals surface area contributed by atoms with Gasteiger partial charge in [-0.3, -0.25) is 4.79 Å². The topological polar surface area (TPSA) is 92.2 Å². The van der Waals surface area contributed by atoms with Crippen LogP contribution < -0.4 is 5.32 Å². The van der Waals surface area contributed by atoms with Gasteiger partial charge in [0.2, 0.25) is 0 Å². The molecule has 124 valence electrons. The third kappa shape index (κ3) is 3.40. The van der Waals surface area contributed by atoms with Crippen molar-refractivity contribution in [1.82, 2.24) is 15.3 Å². The van der Waals surface area contributed by atoms with Crippen molar-refractivity contribution >= 4 is 11.9 Å². The SMILES string of the molecule is O=C(O)c1cnc(C(=O)NC(c2ccc(F)cc2)C2CCC2)cn1. The molecule has 0 bridgehead atoms. The van der Waals surface area contributed by atoms with Crippen LogP contribution in [0.25, 0.3) is 0 Å². The highest BCUT2D eigenvalue weighted by Crippen LogP contribution is 2.37. The maximum atomic E-state index is 13.1. The van der Waals surface area contributed by atoms with Crippen LogP contribution in [0.4, 0.5) is 4.39 Å². The third-order valence-electron chi connectivity index (χ3n) is 4.24. The van der Waals surface area contributed by atoms with Gasteiger partial charge < -0.3 is 10.4 Å². The van der Waals surface area contributed by atoms with Gasteiger partial charge in [-0.25, -0.2) is 19.2 Å². The Labute approximate surface area is 137 Å². The summed E-state index contributed by atoms with van der Waals surface area (Å²) in [4.78, 5) is 30.7. The second kappa shape index (κ2) is 6.74. The zero-order valence-corrected chi connectivity index (χ0v) is 12.8. The van der Waals surface area contributed by atoms with E-state index in [0.29, 0.717) is 5.92 Å². The monoisotopic (exact) mass is 329 g/mol. The quantitative estimate of drug-likeness (QED) is 0.879. The minimum absolute atomic E-state index is 0.0476. The molecule has 0 saturated heterocycles. The molecule has 0 aliphatic heterocycles. The van der Waals surface area contributed by atoms with Crippen molar-refractivity contribution < 1.29 is 19.1 Å².